The molecule has 1 atom stereocenters. The van der Waals surface area contributed by atoms with Gasteiger partial charge in [-0.1, -0.05) is 37.8 Å². The lowest BCUT2D eigenvalue weighted by Gasteiger charge is -2.24. The predicted molar refractivity (Wildman–Crippen MR) is 69.0 cm³/mol. The number of rotatable bonds is 3. The normalized spacial score (nSPS) is 20.9. The predicted octanol–water partition coefficient (Wildman–Crippen LogP) is 3.07. The van der Waals surface area contributed by atoms with Gasteiger partial charge in [0.1, 0.15) is 13.2 Å². The third-order valence-electron chi connectivity index (χ3n) is 3.99. The van der Waals surface area contributed by atoms with E-state index in [0.29, 0.717) is 19.1 Å². The Morgan fingerprint density at radius 1 is 1.17 bits per heavy atom. The van der Waals surface area contributed by atoms with Crippen LogP contribution in [-0.4, -0.2) is 18.3 Å². The molecule has 1 aromatic rings. The van der Waals surface area contributed by atoms with Crippen LogP contribution in [0, 0.1) is 5.92 Å². The van der Waals surface area contributed by atoms with E-state index in [1.165, 1.54) is 25.7 Å². The summed E-state index contributed by atoms with van der Waals surface area (Å²) in [7, 11) is 0. The van der Waals surface area contributed by atoms with Crippen LogP contribution in [0.4, 0.5) is 0 Å². The van der Waals surface area contributed by atoms with Crippen LogP contribution in [0.25, 0.3) is 0 Å². The van der Waals surface area contributed by atoms with E-state index in [2.05, 4.69) is 0 Å². The lowest BCUT2D eigenvalue weighted by molar-refractivity contribution is 0.127. The van der Waals surface area contributed by atoms with Crippen molar-refractivity contribution in [1.29, 1.82) is 0 Å². The Kier molecular flexibility index (Phi) is 3.41. The van der Waals surface area contributed by atoms with E-state index in [4.69, 9.17) is 9.47 Å². The van der Waals surface area contributed by atoms with Crippen LogP contribution in [0.15, 0.2) is 18.2 Å². The average molecular weight is 248 g/mol. The zero-order chi connectivity index (χ0) is 12.4. The second kappa shape index (κ2) is 5.19. The van der Waals surface area contributed by atoms with Crippen LogP contribution in [0.5, 0.6) is 11.5 Å². The Morgan fingerprint density at radius 2 is 1.94 bits per heavy atom. The van der Waals surface area contributed by atoms with Gasteiger partial charge in [0.25, 0.3) is 0 Å². The van der Waals surface area contributed by atoms with Gasteiger partial charge in [0.05, 0.1) is 6.10 Å². The summed E-state index contributed by atoms with van der Waals surface area (Å²) < 4.78 is 11.2. The molecule has 1 unspecified atom stereocenters. The lowest BCUT2D eigenvalue weighted by atomic mass is 9.95. The van der Waals surface area contributed by atoms with Gasteiger partial charge < -0.3 is 14.6 Å². The van der Waals surface area contributed by atoms with Gasteiger partial charge in [0.2, 0.25) is 0 Å². The molecule has 98 valence electrons. The summed E-state index contributed by atoms with van der Waals surface area (Å²) in [6, 6.07) is 5.79. The van der Waals surface area contributed by atoms with Crippen molar-refractivity contribution in [3.63, 3.8) is 0 Å². The number of para-hydroxylation sites is 1. The fraction of sp³-hybridized carbons (Fsp3) is 0.600. The number of hydrogen-bond donors (Lipinski definition) is 1. The minimum Gasteiger partial charge on any atom is -0.486 e. The van der Waals surface area contributed by atoms with E-state index in [9.17, 15) is 5.11 Å². The summed E-state index contributed by atoms with van der Waals surface area (Å²) in [5.74, 6) is 2.18. The summed E-state index contributed by atoms with van der Waals surface area (Å²) in [5, 5.41) is 10.4. The quantitative estimate of drug-likeness (QED) is 0.893. The first-order valence-electron chi connectivity index (χ1n) is 6.91. The van der Waals surface area contributed by atoms with E-state index >= 15 is 0 Å². The molecule has 1 N–H and O–H groups in total. The van der Waals surface area contributed by atoms with Crippen LogP contribution in [0.2, 0.25) is 0 Å². The molecule has 1 heterocycles. The summed E-state index contributed by atoms with van der Waals surface area (Å²) in [4.78, 5) is 0. The van der Waals surface area contributed by atoms with Gasteiger partial charge in [0.15, 0.2) is 11.5 Å². The molecule has 18 heavy (non-hydrogen) atoms. The van der Waals surface area contributed by atoms with Crippen LogP contribution >= 0.6 is 0 Å². The van der Waals surface area contributed by atoms with Crippen molar-refractivity contribution in [3.05, 3.63) is 23.8 Å². The van der Waals surface area contributed by atoms with Gasteiger partial charge in [0, 0.05) is 5.56 Å². The Hall–Kier alpha value is -1.22. The molecule has 3 heteroatoms. The van der Waals surface area contributed by atoms with Crippen molar-refractivity contribution >= 4 is 0 Å². The average Bonchev–Trinajstić information content (AvgIpc) is 2.91. The highest BCUT2D eigenvalue weighted by molar-refractivity contribution is 5.48. The standard InChI is InChI=1S/C15H20O3/c16-13(10-11-4-1-2-5-11)12-6-3-7-14-15(12)18-9-8-17-14/h3,6-7,11,13,16H,1-2,4-5,8-10H2. The van der Waals surface area contributed by atoms with Crippen molar-refractivity contribution < 1.29 is 14.6 Å². The first-order valence-corrected chi connectivity index (χ1v) is 6.91. The molecule has 1 aliphatic carbocycles. The highest BCUT2D eigenvalue weighted by Gasteiger charge is 2.24. The van der Waals surface area contributed by atoms with Crippen LogP contribution < -0.4 is 9.47 Å². The van der Waals surface area contributed by atoms with Crippen LogP contribution in [0.3, 0.4) is 0 Å². The first kappa shape index (κ1) is 11.8. The van der Waals surface area contributed by atoms with Gasteiger partial charge in [-0.25, -0.2) is 0 Å². The summed E-state index contributed by atoms with van der Waals surface area (Å²) in [6.45, 7) is 1.16. The lowest BCUT2D eigenvalue weighted by Crippen LogP contribution is -2.17. The maximum Gasteiger partial charge on any atom is 0.167 e. The summed E-state index contributed by atoms with van der Waals surface area (Å²) in [5.41, 5.74) is 0.888. The zero-order valence-corrected chi connectivity index (χ0v) is 10.6. The van der Waals surface area contributed by atoms with Crippen molar-refractivity contribution in [1.82, 2.24) is 0 Å². The number of fused-ring (bicyclic) bond motifs is 1. The van der Waals surface area contributed by atoms with Gasteiger partial charge in [-0.05, 0) is 18.4 Å². The fourth-order valence-electron chi connectivity index (χ4n) is 3.05. The molecular weight excluding hydrogens is 228 g/mol. The molecule has 3 nitrogen and oxygen atoms in total. The fourth-order valence-corrected chi connectivity index (χ4v) is 3.05. The molecule has 0 bridgehead atoms. The Morgan fingerprint density at radius 3 is 2.78 bits per heavy atom. The van der Waals surface area contributed by atoms with E-state index in [1.54, 1.807) is 0 Å². The smallest absolute Gasteiger partial charge is 0.167 e. The second-order valence-corrected chi connectivity index (χ2v) is 5.27. The SMILES string of the molecule is OC(CC1CCCC1)c1cccc2c1OCCO2. The van der Waals surface area contributed by atoms with E-state index in [0.717, 1.165) is 23.5 Å². The third kappa shape index (κ3) is 2.32. The molecule has 1 fully saturated rings. The van der Waals surface area contributed by atoms with Crippen molar-refractivity contribution in [3.8, 4) is 11.5 Å². The minimum atomic E-state index is -0.426. The molecule has 0 amide bonds. The van der Waals surface area contributed by atoms with Crippen molar-refractivity contribution in [2.75, 3.05) is 13.2 Å². The van der Waals surface area contributed by atoms with Gasteiger partial charge >= 0.3 is 0 Å². The molecule has 1 saturated carbocycles. The number of hydrogen-bond acceptors (Lipinski definition) is 3. The van der Waals surface area contributed by atoms with E-state index in [1.807, 2.05) is 18.2 Å². The molecule has 0 aromatic heterocycles. The molecule has 2 aliphatic rings. The molecule has 3 rings (SSSR count). The molecule has 0 radical (unpaired) electrons. The number of benzene rings is 1. The molecule has 1 aromatic carbocycles. The summed E-state index contributed by atoms with van der Waals surface area (Å²) in [6.07, 6.45) is 5.55. The molecule has 0 saturated heterocycles. The summed E-state index contributed by atoms with van der Waals surface area (Å²) >= 11 is 0. The number of aliphatic hydroxyl groups is 1. The van der Waals surface area contributed by atoms with E-state index < -0.39 is 6.10 Å². The maximum absolute atomic E-state index is 10.4. The topological polar surface area (TPSA) is 38.7 Å². The Labute approximate surface area is 108 Å². The highest BCUT2D eigenvalue weighted by Crippen LogP contribution is 2.40. The maximum atomic E-state index is 10.4. The number of ether oxygens (including phenoxy) is 2. The second-order valence-electron chi connectivity index (χ2n) is 5.27. The van der Waals surface area contributed by atoms with Gasteiger partial charge in [-0.3, -0.25) is 0 Å². The first-order chi connectivity index (χ1) is 8.84. The molecule has 1 aliphatic heterocycles. The minimum absolute atomic E-state index is 0.426. The highest BCUT2D eigenvalue weighted by atomic mass is 16.6. The van der Waals surface area contributed by atoms with Crippen molar-refractivity contribution in [2.24, 2.45) is 5.92 Å². The Balaban J connectivity index is 1.78. The van der Waals surface area contributed by atoms with Gasteiger partial charge in [-0.15, -0.1) is 0 Å². The number of aliphatic hydroxyl groups excluding tert-OH is 1. The molecule has 0 spiro atoms. The zero-order valence-electron chi connectivity index (χ0n) is 10.6. The monoisotopic (exact) mass is 248 g/mol. The third-order valence-corrected chi connectivity index (χ3v) is 3.99. The van der Waals surface area contributed by atoms with Gasteiger partial charge in [-0.2, -0.15) is 0 Å². The van der Waals surface area contributed by atoms with Crippen LogP contribution in [-0.2, 0) is 0 Å². The Bertz CT molecular complexity index is 410. The van der Waals surface area contributed by atoms with E-state index in [-0.39, 0.29) is 0 Å². The van der Waals surface area contributed by atoms with Crippen molar-refractivity contribution in [2.45, 2.75) is 38.2 Å². The largest absolute Gasteiger partial charge is 0.486 e. The molecular formula is C15H20O3. The van der Waals surface area contributed by atoms with Crippen LogP contribution in [0.1, 0.15) is 43.8 Å².